The van der Waals surface area contributed by atoms with E-state index in [0.717, 1.165) is 0 Å². The third kappa shape index (κ3) is 2.92. The normalized spacial score (nSPS) is 15.0. The van der Waals surface area contributed by atoms with E-state index in [1.165, 1.54) is 23.1 Å². The Hall–Kier alpha value is -2.68. The number of hydrogen-bond acceptors (Lipinski definition) is 6. The number of rotatable bonds is 3. The van der Waals surface area contributed by atoms with Gasteiger partial charge in [0, 0.05) is 31.8 Å². The molecule has 1 saturated heterocycles. The smallest absolute Gasteiger partial charge is 0.293 e. The predicted octanol–water partition coefficient (Wildman–Crippen LogP) is -0.205. The second kappa shape index (κ2) is 5.75. The van der Waals surface area contributed by atoms with Crippen molar-refractivity contribution < 1.29 is 14.5 Å². The van der Waals surface area contributed by atoms with Crippen LogP contribution in [0.4, 0.5) is 11.4 Å². The SMILES string of the molecule is CN1CCN(C(=O)c2ccc([N+](=O)[O-])c(NN)c2)CC1=O. The average Bonchev–Trinajstić information content (AvgIpc) is 2.48. The van der Waals surface area contributed by atoms with Crippen LogP contribution in [-0.4, -0.2) is 53.2 Å². The molecule has 1 aliphatic rings. The van der Waals surface area contributed by atoms with Crippen LogP contribution in [-0.2, 0) is 4.79 Å². The standard InChI is InChI=1S/C12H15N5O4/c1-15-4-5-16(7-11(15)18)12(19)8-2-3-10(17(20)21)9(6-8)14-13/h2-3,6,14H,4-5,7,13H2,1H3. The number of likely N-dealkylation sites (N-methyl/N-ethyl adjacent to an activating group) is 1. The minimum atomic E-state index is -0.594. The minimum Gasteiger partial charge on any atom is -0.342 e. The van der Waals surface area contributed by atoms with E-state index < -0.39 is 4.92 Å². The lowest BCUT2D eigenvalue weighted by Crippen LogP contribution is -2.50. The highest BCUT2D eigenvalue weighted by molar-refractivity contribution is 5.98. The molecule has 0 saturated carbocycles. The molecule has 0 radical (unpaired) electrons. The predicted molar refractivity (Wildman–Crippen MR) is 74.4 cm³/mol. The summed E-state index contributed by atoms with van der Waals surface area (Å²) in [6.07, 6.45) is 0. The number of amides is 2. The van der Waals surface area contributed by atoms with Crippen molar-refractivity contribution in [3.63, 3.8) is 0 Å². The summed E-state index contributed by atoms with van der Waals surface area (Å²) in [5.41, 5.74) is 2.27. The average molecular weight is 293 g/mol. The first-order valence-corrected chi connectivity index (χ1v) is 6.22. The molecule has 3 N–H and O–H groups in total. The fourth-order valence-electron chi connectivity index (χ4n) is 2.06. The van der Waals surface area contributed by atoms with Gasteiger partial charge in [-0.1, -0.05) is 0 Å². The topological polar surface area (TPSA) is 122 Å². The van der Waals surface area contributed by atoms with Gasteiger partial charge in [-0.05, 0) is 12.1 Å². The van der Waals surface area contributed by atoms with E-state index >= 15 is 0 Å². The first-order valence-electron chi connectivity index (χ1n) is 6.22. The lowest BCUT2D eigenvalue weighted by Gasteiger charge is -2.32. The number of nitro benzene ring substituents is 1. The van der Waals surface area contributed by atoms with Crippen molar-refractivity contribution in [3.05, 3.63) is 33.9 Å². The molecule has 0 atom stereocenters. The molecule has 1 aromatic carbocycles. The highest BCUT2D eigenvalue weighted by Gasteiger charge is 2.26. The maximum absolute atomic E-state index is 12.3. The van der Waals surface area contributed by atoms with Crippen LogP contribution in [0.2, 0.25) is 0 Å². The largest absolute Gasteiger partial charge is 0.342 e. The number of anilines is 1. The summed E-state index contributed by atoms with van der Waals surface area (Å²) >= 11 is 0. The molecule has 2 rings (SSSR count). The minimum absolute atomic E-state index is 0.00227. The quantitative estimate of drug-likeness (QED) is 0.452. The molecule has 1 heterocycles. The van der Waals surface area contributed by atoms with Crippen molar-refractivity contribution in [3.8, 4) is 0 Å². The van der Waals surface area contributed by atoms with Crippen molar-refractivity contribution in [1.82, 2.24) is 9.80 Å². The summed E-state index contributed by atoms with van der Waals surface area (Å²) in [5, 5.41) is 10.8. The summed E-state index contributed by atoms with van der Waals surface area (Å²) in [6.45, 7) is 0.876. The van der Waals surface area contributed by atoms with Crippen LogP contribution >= 0.6 is 0 Å². The second-order valence-corrected chi connectivity index (χ2v) is 4.68. The number of nitrogens with one attached hydrogen (secondary N) is 1. The Morgan fingerprint density at radius 3 is 2.71 bits per heavy atom. The molecule has 0 aromatic heterocycles. The molecule has 1 aliphatic heterocycles. The highest BCUT2D eigenvalue weighted by atomic mass is 16.6. The molecule has 0 unspecified atom stereocenters. The first-order chi connectivity index (χ1) is 9.93. The third-order valence-electron chi connectivity index (χ3n) is 3.34. The number of hydrogen-bond donors (Lipinski definition) is 2. The summed E-state index contributed by atoms with van der Waals surface area (Å²) in [5.74, 6) is 4.73. The van der Waals surface area contributed by atoms with Gasteiger partial charge >= 0.3 is 0 Å². The lowest BCUT2D eigenvalue weighted by molar-refractivity contribution is -0.384. The van der Waals surface area contributed by atoms with Crippen LogP contribution in [0.25, 0.3) is 0 Å². The Bertz CT molecular complexity index is 603. The Balaban J connectivity index is 2.24. The number of carbonyl (C=O) groups is 2. The van der Waals surface area contributed by atoms with E-state index in [4.69, 9.17) is 5.84 Å². The monoisotopic (exact) mass is 293 g/mol. The van der Waals surface area contributed by atoms with Crippen molar-refractivity contribution in [2.75, 3.05) is 32.1 Å². The number of nitrogens with zero attached hydrogens (tertiary/aromatic N) is 3. The van der Waals surface area contributed by atoms with E-state index in [2.05, 4.69) is 5.43 Å². The molecule has 21 heavy (non-hydrogen) atoms. The van der Waals surface area contributed by atoms with Gasteiger partial charge in [0.25, 0.3) is 11.6 Å². The third-order valence-corrected chi connectivity index (χ3v) is 3.34. The Labute approximate surface area is 120 Å². The zero-order valence-corrected chi connectivity index (χ0v) is 11.4. The number of carbonyl (C=O) groups excluding carboxylic acids is 2. The molecule has 0 spiro atoms. The zero-order valence-electron chi connectivity index (χ0n) is 11.4. The van der Waals surface area contributed by atoms with Crippen LogP contribution in [0, 0.1) is 10.1 Å². The Kier molecular flexibility index (Phi) is 4.03. The number of benzene rings is 1. The number of nitrogens with two attached hydrogens (primary N) is 1. The van der Waals surface area contributed by atoms with Crippen LogP contribution in [0.3, 0.4) is 0 Å². The maximum atomic E-state index is 12.3. The van der Waals surface area contributed by atoms with Gasteiger partial charge in [0.1, 0.15) is 12.2 Å². The van der Waals surface area contributed by atoms with Gasteiger partial charge in [-0.2, -0.15) is 0 Å². The van der Waals surface area contributed by atoms with Gasteiger partial charge in [-0.3, -0.25) is 25.5 Å². The molecule has 112 valence electrons. The van der Waals surface area contributed by atoms with Crippen LogP contribution in [0.5, 0.6) is 0 Å². The summed E-state index contributed by atoms with van der Waals surface area (Å²) in [7, 11) is 1.67. The summed E-state index contributed by atoms with van der Waals surface area (Å²) in [4.78, 5) is 37.1. The fraction of sp³-hybridized carbons (Fsp3) is 0.333. The van der Waals surface area contributed by atoms with Gasteiger partial charge in [0.05, 0.1) is 4.92 Å². The molecule has 0 bridgehead atoms. The van der Waals surface area contributed by atoms with Gasteiger partial charge in [-0.15, -0.1) is 0 Å². The number of nitrogen functional groups attached to an aromatic ring is 1. The molecule has 0 aliphatic carbocycles. The number of hydrazine groups is 1. The van der Waals surface area contributed by atoms with Crippen molar-refractivity contribution in [2.24, 2.45) is 5.84 Å². The van der Waals surface area contributed by atoms with E-state index in [1.54, 1.807) is 11.9 Å². The van der Waals surface area contributed by atoms with Gasteiger partial charge in [0.2, 0.25) is 5.91 Å². The lowest BCUT2D eigenvalue weighted by atomic mass is 10.1. The maximum Gasteiger partial charge on any atom is 0.293 e. The fourth-order valence-corrected chi connectivity index (χ4v) is 2.06. The molecule has 1 fully saturated rings. The first kappa shape index (κ1) is 14.7. The summed E-state index contributed by atoms with van der Waals surface area (Å²) < 4.78 is 0. The van der Waals surface area contributed by atoms with Gasteiger partial charge in [0.15, 0.2) is 0 Å². The zero-order chi connectivity index (χ0) is 15.6. The van der Waals surface area contributed by atoms with Gasteiger partial charge < -0.3 is 15.2 Å². The molecular weight excluding hydrogens is 278 g/mol. The van der Waals surface area contributed by atoms with Crippen molar-refractivity contribution in [2.45, 2.75) is 0 Å². The number of nitro groups is 1. The van der Waals surface area contributed by atoms with Gasteiger partial charge in [-0.25, -0.2) is 0 Å². The van der Waals surface area contributed by atoms with Crippen LogP contribution < -0.4 is 11.3 Å². The summed E-state index contributed by atoms with van der Waals surface area (Å²) in [6, 6.07) is 3.87. The van der Waals surface area contributed by atoms with E-state index in [-0.39, 0.29) is 35.3 Å². The number of piperazine rings is 1. The second-order valence-electron chi connectivity index (χ2n) is 4.68. The Morgan fingerprint density at radius 2 is 2.14 bits per heavy atom. The molecular formula is C12H15N5O4. The Morgan fingerprint density at radius 1 is 1.43 bits per heavy atom. The van der Waals surface area contributed by atoms with E-state index in [9.17, 15) is 19.7 Å². The molecule has 2 amide bonds. The van der Waals surface area contributed by atoms with Crippen molar-refractivity contribution >= 4 is 23.2 Å². The van der Waals surface area contributed by atoms with E-state index in [1.807, 2.05) is 0 Å². The molecule has 9 nitrogen and oxygen atoms in total. The molecule has 9 heteroatoms. The molecule has 1 aromatic rings. The highest BCUT2D eigenvalue weighted by Crippen LogP contribution is 2.25. The van der Waals surface area contributed by atoms with Crippen molar-refractivity contribution in [1.29, 1.82) is 0 Å². The van der Waals surface area contributed by atoms with E-state index in [0.29, 0.717) is 13.1 Å². The van der Waals surface area contributed by atoms with Crippen LogP contribution in [0.1, 0.15) is 10.4 Å². The van der Waals surface area contributed by atoms with Crippen LogP contribution in [0.15, 0.2) is 18.2 Å².